The number of halogens is 2. The lowest BCUT2D eigenvalue weighted by molar-refractivity contribution is 0.627. The topological polar surface area (TPSA) is 147 Å². The van der Waals surface area contributed by atoms with E-state index in [2.05, 4.69) is 18.5 Å². The van der Waals surface area contributed by atoms with Crippen LogP contribution in [-0.4, -0.2) is 19.9 Å². The van der Waals surface area contributed by atoms with E-state index >= 15 is 0 Å². The Hall–Kier alpha value is -6.80. The summed E-state index contributed by atoms with van der Waals surface area (Å²) in [4.78, 5) is 20.0. The molecule has 2 aromatic heterocycles. The molecule has 5 aromatic carbocycles. The number of hydrogen-bond acceptors (Lipinski definition) is 8. The fraction of sp³-hybridized carbons (Fsp3) is 0. The number of nitriles is 4. The van der Waals surface area contributed by atoms with Crippen molar-refractivity contribution in [3.05, 3.63) is 119 Å². The van der Waals surface area contributed by atoms with E-state index in [0.717, 1.165) is 10.6 Å². The molecule has 8 nitrogen and oxygen atoms in total. The van der Waals surface area contributed by atoms with E-state index in [1.165, 1.54) is 48.5 Å². The first kappa shape index (κ1) is 33.7. The predicted molar refractivity (Wildman–Crippen MR) is 201 cm³/mol. The van der Waals surface area contributed by atoms with Crippen LogP contribution in [0.15, 0.2) is 97.1 Å². The lowest BCUT2D eigenvalue weighted by atomic mass is 9.99. The van der Waals surface area contributed by atoms with Gasteiger partial charge in [-0.2, -0.15) is 21.0 Å². The van der Waals surface area contributed by atoms with E-state index in [-0.39, 0.29) is 55.0 Å². The zero-order valence-electron chi connectivity index (χ0n) is 26.7. The highest BCUT2D eigenvalue weighted by atomic mass is 31.0. The number of hydrogen-bond donors (Lipinski definition) is 0. The van der Waals surface area contributed by atoms with Crippen LogP contribution in [-0.2, 0) is 0 Å². The zero-order valence-corrected chi connectivity index (χ0v) is 29.0. The third-order valence-electron chi connectivity index (χ3n) is 8.29. The van der Waals surface area contributed by atoms with E-state index in [1.54, 1.807) is 0 Å². The van der Waals surface area contributed by atoms with Crippen LogP contribution in [0.4, 0.5) is 8.78 Å². The molecule has 0 amide bonds. The monoisotopic (exact) mass is 712 g/mol. The van der Waals surface area contributed by atoms with E-state index in [1.807, 2.05) is 72.8 Å². The molecule has 0 fully saturated rings. The first-order valence-corrected chi connectivity index (χ1v) is 16.6. The molecule has 0 radical (unpaired) electrons. The maximum atomic E-state index is 14.1. The molecular formula is C40H20F2N8P2. The number of rotatable bonds is 4. The Kier molecular flexibility index (Phi) is 8.97. The van der Waals surface area contributed by atoms with Gasteiger partial charge in [-0.05, 0) is 59.1 Å². The molecule has 0 bridgehead atoms. The molecule has 0 N–H and O–H groups in total. The zero-order chi connectivity index (χ0) is 36.5. The molecule has 52 heavy (non-hydrogen) atoms. The standard InChI is InChI=1S/C40H20F2N8P2/c41-27-9-1-21(2-10-27)33-35(23-5-13-29(51)14-6-23)49-39-32(26(19-45)20-46)40-38(31(37(39)47-33)25(17-43)18-44)48-34(22-3-11-28(42)12-4-22)36(50-40)24-7-15-30(52)16-8-24/h1-16H,51-52H2. The first-order chi connectivity index (χ1) is 25.2. The lowest BCUT2D eigenvalue weighted by Crippen LogP contribution is -2.24. The molecule has 0 spiro atoms. The van der Waals surface area contributed by atoms with Crippen molar-refractivity contribution in [3.63, 3.8) is 0 Å². The van der Waals surface area contributed by atoms with E-state index in [9.17, 15) is 29.8 Å². The highest BCUT2D eigenvalue weighted by Crippen LogP contribution is 2.33. The van der Waals surface area contributed by atoms with Gasteiger partial charge in [0.05, 0.1) is 33.2 Å². The van der Waals surface area contributed by atoms with Crippen LogP contribution >= 0.6 is 18.5 Å². The van der Waals surface area contributed by atoms with Crippen LogP contribution in [0.25, 0.3) is 78.2 Å². The quantitative estimate of drug-likeness (QED) is 0.162. The summed E-state index contributed by atoms with van der Waals surface area (Å²) in [6, 6.07) is 33.7. The van der Waals surface area contributed by atoms with Crippen LogP contribution < -0.4 is 21.0 Å². The van der Waals surface area contributed by atoms with Crippen LogP contribution in [0.2, 0.25) is 0 Å². The molecule has 0 saturated carbocycles. The molecular weight excluding hydrogens is 692 g/mol. The second-order valence-corrected chi connectivity index (χ2v) is 12.8. The van der Waals surface area contributed by atoms with Crippen LogP contribution in [0.5, 0.6) is 0 Å². The highest BCUT2D eigenvalue weighted by molar-refractivity contribution is 7.27. The van der Waals surface area contributed by atoms with Gasteiger partial charge in [0.1, 0.15) is 69.1 Å². The van der Waals surface area contributed by atoms with E-state index < -0.39 is 11.6 Å². The molecule has 0 aliphatic rings. The van der Waals surface area contributed by atoms with Gasteiger partial charge in [-0.1, -0.05) is 48.5 Å². The minimum atomic E-state index is -0.473. The molecule has 7 rings (SSSR count). The van der Waals surface area contributed by atoms with Crippen molar-refractivity contribution >= 4 is 62.3 Å². The van der Waals surface area contributed by atoms with Crippen LogP contribution in [0.3, 0.4) is 0 Å². The van der Waals surface area contributed by atoms with Crippen molar-refractivity contribution in [2.45, 2.75) is 0 Å². The number of aromatic nitrogens is 4. The van der Waals surface area contributed by atoms with Gasteiger partial charge < -0.3 is 0 Å². The molecule has 7 aromatic rings. The Morgan fingerprint density at radius 3 is 0.865 bits per heavy atom. The Bertz CT molecular complexity index is 2510. The third kappa shape index (κ3) is 6.00. The largest absolute Gasteiger partial charge is 0.243 e. The number of benzene rings is 5. The van der Waals surface area contributed by atoms with Crippen molar-refractivity contribution in [1.82, 2.24) is 19.9 Å². The minimum absolute atomic E-state index is 0.00173. The lowest BCUT2D eigenvalue weighted by Gasteiger charge is -2.15. The molecule has 244 valence electrons. The van der Waals surface area contributed by atoms with E-state index in [4.69, 9.17) is 19.9 Å². The molecule has 2 heterocycles. The summed E-state index contributed by atoms with van der Waals surface area (Å²) < 4.78 is 28.3. The fourth-order valence-corrected chi connectivity index (χ4v) is 6.23. The summed E-state index contributed by atoms with van der Waals surface area (Å²) in [7, 11) is 5.21. The molecule has 0 saturated heterocycles. The molecule has 0 aliphatic carbocycles. The minimum Gasteiger partial charge on any atom is -0.243 e. The van der Waals surface area contributed by atoms with Gasteiger partial charge in [-0.15, -0.1) is 18.5 Å². The Morgan fingerprint density at radius 1 is 0.404 bits per heavy atom. The van der Waals surface area contributed by atoms with Crippen molar-refractivity contribution in [2.75, 3.05) is 0 Å². The van der Waals surface area contributed by atoms with Crippen LogP contribution in [0, 0.1) is 57.0 Å². The summed E-state index contributed by atoms with van der Waals surface area (Å²) in [5.41, 5.74) is 2.68. The van der Waals surface area contributed by atoms with Crippen molar-refractivity contribution in [1.29, 1.82) is 21.0 Å². The smallest absolute Gasteiger partial charge is 0.141 e. The molecule has 2 atom stereocenters. The van der Waals surface area contributed by atoms with Crippen molar-refractivity contribution in [2.24, 2.45) is 0 Å². The van der Waals surface area contributed by atoms with Gasteiger partial charge in [0.25, 0.3) is 0 Å². The van der Waals surface area contributed by atoms with Gasteiger partial charge in [0.2, 0.25) is 0 Å². The van der Waals surface area contributed by atoms with E-state index in [0.29, 0.717) is 33.6 Å². The maximum Gasteiger partial charge on any atom is 0.141 e. The molecule has 12 heteroatoms. The van der Waals surface area contributed by atoms with Gasteiger partial charge in [0.15, 0.2) is 0 Å². The first-order valence-electron chi connectivity index (χ1n) is 15.4. The summed E-state index contributed by atoms with van der Waals surface area (Å²) >= 11 is 0. The normalized spacial score (nSPS) is 10.6. The van der Waals surface area contributed by atoms with Crippen LogP contribution in [0.1, 0.15) is 0 Å². The summed E-state index contributed by atoms with van der Waals surface area (Å²) in [6.45, 7) is 0. The second-order valence-electron chi connectivity index (χ2n) is 11.4. The predicted octanol–water partition coefficient (Wildman–Crippen LogP) is 5.92. The van der Waals surface area contributed by atoms with Gasteiger partial charge in [0, 0.05) is 22.3 Å². The highest BCUT2D eigenvalue weighted by Gasteiger charge is 2.24. The average Bonchev–Trinajstić information content (AvgIpc) is 3.16. The van der Waals surface area contributed by atoms with Gasteiger partial charge >= 0.3 is 0 Å². The molecule has 0 aliphatic heterocycles. The number of nitrogens with zero attached hydrogens (tertiary/aromatic N) is 8. The number of fused-ring (bicyclic) bond motifs is 2. The maximum absolute atomic E-state index is 14.1. The Balaban J connectivity index is 1.79. The van der Waals surface area contributed by atoms with Gasteiger partial charge in [-0.25, -0.2) is 28.7 Å². The summed E-state index contributed by atoms with van der Waals surface area (Å²) in [6.07, 6.45) is 0. The van der Waals surface area contributed by atoms with Crippen molar-refractivity contribution < 1.29 is 8.78 Å². The fourth-order valence-electron chi connectivity index (χ4n) is 5.84. The SMILES string of the molecule is N#CC(C#N)=c1c2nc(-c3ccc(F)cc3)c(-c3ccc(P)cc3)nc2c(=C(C#N)C#N)c2nc(-c3ccc(P)cc3)c(-c3ccc(F)cc3)nc12. The molecule has 2 unspecified atom stereocenters. The Labute approximate surface area is 299 Å². The van der Waals surface area contributed by atoms with Crippen molar-refractivity contribution in [3.8, 4) is 69.3 Å². The van der Waals surface area contributed by atoms with Gasteiger partial charge in [-0.3, -0.25) is 0 Å². The Morgan fingerprint density at radius 2 is 0.635 bits per heavy atom. The third-order valence-corrected chi connectivity index (χ3v) is 9.06. The second kappa shape index (κ2) is 13.8. The summed E-state index contributed by atoms with van der Waals surface area (Å²) in [5.74, 6) is -0.946. The summed E-state index contributed by atoms with van der Waals surface area (Å²) in [5, 5.41) is 43.1. The average molecular weight is 713 g/mol.